The molecule has 3 amide bonds. The zero-order valence-electron chi connectivity index (χ0n) is 17.8. The summed E-state index contributed by atoms with van der Waals surface area (Å²) in [5, 5.41) is 3.10. The van der Waals surface area contributed by atoms with Crippen LogP contribution in [0.15, 0.2) is 48.5 Å². The molecule has 0 aromatic heterocycles. The van der Waals surface area contributed by atoms with Gasteiger partial charge in [-0.25, -0.2) is 0 Å². The van der Waals surface area contributed by atoms with Crippen LogP contribution in [0.5, 0.6) is 0 Å². The van der Waals surface area contributed by atoms with Gasteiger partial charge in [-0.2, -0.15) is 0 Å². The third kappa shape index (κ3) is 6.94. The highest BCUT2D eigenvalue weighted by atomic mass is 35.5. The number of benzene rings is 2. The van der Waals surface area contributed by atoms with Crippen LogP contribution in [0.25, 0.3) is 0 Å². The average Bonchev–Trinajstić information content (AvgIpc) is 2.78. The number of carbonyl (C=O) groups is 3. The number of carbonyl (C=O) groups excluding carboxylic acids is 3. The van der Waals surface area contributed by atoms with Crippen molar-refractivity contribution in [2.45, 2.75) is 0 Å². The fourth-order valence-electron chi connectivity index (χ4n) is 3.20. The summed E-state index contributed by atoms with van der Waals surface area (Å²) in [4.78, 5) is 40.2. The lowest BCUT2D eigenvalue weighted by Gasteiger charge is -2.28. The van der Waals surface area contributed by atoms with Crippen LogP contribution in [0.1, 0.15) is 10.4 Å². The molecular weight excluding hydrogens is 434 g/mol. The molecule has 0 aliphatic carbocycles. The van der Waals surface area contributed by atoms with Gasteiger partial charge in [0.15, 0.2) is 0 Å². The minimum Gasteiger partial charge on any atom is -0.378 e. The number of ether oxygens (including phenoxy) is 1. The zero-order valence-corrected chi connectivity index (χ0v) is 18.5. The van der Waals surface area contributed by atoms with Crippen molar-refractivity contribution in [2.75, 3.05) is 56.7 Å². The molecule has 1 aliphatic rings. The molecule has 1 heterocycles. The Morgan fingerprint density at radius 2 is 1.62 bits per heavy atom. The lowest BCUT2D eigenvalue weighted by molar-refractivity contribution is -0.123. The highest BCUT2D eigenvalue weighted by Crippen LogP contribution is 2.19. The van der Waals surface area contributed by atoms with E-state index in [1.54, 1.807) is 31.3 Å². The summed E-state index contributed by atoms with van der Waals surface area (Å²) in [5.74, 6) is -1.24. The molecule has 170 valence electrons. The third-order valence-corrected chi connectivity index (χ3v) is 5.12. The van der Waals surface area contributed by atoms with Crippen LogP contribution >= 0.6 is 11.6 Å². The molecule has 0 radical (unpaired) electrons. The van der Waals surface area contributed by atoms with E-state index in [1.165, 1.54) is 4.90 Å². The van der Waals surface area contributed by atoms with Crippen LogP contribution in [-0.4, -0.2) is 69.1 Å². The second-order valence-corrected chi connectivity index (χ2v) is 7.76. The van der Waals surface area contributed by atoms with E-state index in [-0.39, 0.29) is 29.6 Å². The minimum absolute atomic E-state index is 0.0110. The lowest BCUT2D eigenvalue weighted by atomic mass is 10.2. The first-order chi connectivity index (χ1) is 15.4. The van der Waals surface area contributed by atoms with Crippen molar-refractivity contribution in [1.82, 2.24) is 15.8 Å². The molecular formula is C22H26ClN5O4. The molecule has 10 heteroatoms. The zero-order chi connectivity index (χ0) is 22.9. The molecule has 3 rings (SSSR count). The summed E-state index contributed by atoms with van der Waals surface area (Å²) >= 11 is 5.96. The van der Waals surface area contributed by atoms with E-state index >= 15 is 0 Å². The number of nitrogens with zero attached hydrogens (tertiary/aromatic N) is 2. The van der Waals surface area contributed by atoms with E-state index in [4.69, 9.17) is 16.3 Å². The largest absolute Gasteiger partial charge is 0.378 e. The fourth-order valence-corrected chi connectivity index (χ4v) is 3.42. The van der Waals surface area contributed by atoms with Gasteiger partial charge >= 0.3 is 0 Å². The van der Waals surface area contributed by atoms with Crippen molar-refractivity contribution in [1.29, 1.82) is 0 Å². The van der Waals surface area contributed by atoms with Crippen LogP contribution in [-0.2, 0) is 14.3 Å². The van der Waals surface area contributed by atoms with Gasteiger partial charge in [-0.15, -0.1) is 0 Å². The fraction of sp³-hybridized carbons (Fsp3) is 0.318. The van der Waals surface area contributed by atoms with Gasteiger partial charge in [-0.3, -0.25) is 30.1 Å². The number of hydrogen-bond acceptors (Lipinski definition) is 6. The Bertz CT molecular complexity index is 948. The Hall–Kier alpha value is -3.14. The Kier molecular flexibility index (Phi) is 8.43. The molecule has 0 spiro atoms. The van der Waals surface area contributed by atoms with E-state index in [2.05, 4.69) is 21.1 Å². The number of halogens is 1. The number of likely N-dealkylation sites (N-methyl/N-ethyl adjacent to an activating group) is 1. The first-order valence-electron chi connectivity index (χ1n) is 10.2. The van der Waals surface area contributed by atoms with E-state index < -0.39 is 11.8 Å². The SMILES string of the molecule is CN(CC(=O)NNC(=O)c1ccccc1Cl)CC(=O)Nc1ccc(N2CCOCC2)cc1. The van der Waals surface area contributed by atoms with Gasteiger partial charge in [-0.1, -0.05) is 23.7 Å². The van der Waals surface area contributed by atoms with Gasteiger partial charge in [0.25, 0.3) is 11.8 Å². The molecule has 0 unspecified atom stereocenters. The molecule has 0 saturated carbocycles. The van der Waals surface area contributed by atoms with Crippen molar-refractivity contribution >= 4 is 40.7 Å². The van der Waals surface area contributed by atoms with E-state index in [0.29, 0.717) is 18.9 Å². The van der Waals surface area contributed by atoms with Crippen molar-refractivity contribution in [3.63, 3.8) is 0 Å². The predicted molar refractivity (Wildman–Crippen MR) is 123 cm³/mol. The number of hydrogen-bond donors (Lipinski definition) is 3. The Labute approximate surface area is 191 Å². The van der Waals surface area contributed by atoms with Crippen LogP contribution in [0.4, 0.5) is 11.4 Å². The molecule has 2 aromatic carbocycles. The summed E-state index contributed by atoms with van der Waals surface area (Å²) in [5.41, 5.74) is 6.64. The Balaban J connectivity index is 1.39. The van der Waals surface area contributed by atoms with E-state index in [1.807, 2.05) is 24.3 Å². The number of anilines is 2. The third-order valence-electron chi connectivity index (χ3n) is 4.79. The number of morpholine rings is 1. The molecule has 1 saturated heterocycles. The maximum Gasteiger partial charge on any atom is 0.271 e. The van der Waals surface area contributed by atoms with E-state index in [0.717, 1.165) is 18.8 Å². The summed E-state index contributed by atoms with van der Waals surface area (Å²) in [6, 6.07) is 14.1. The molecule has 0 atom stereocenters. The number of amides is 3. The van der Waals surface area contributed by atoms with Gasteiger partial charge in [0, 0.05) is 24.5 Å². The van der Waals surface area contributed by atoms with Gasteiger partial charge < -0.3 is 15.0 Å². The smallest absolute Gasteiger partial charge is 0.271 e. The maximum atomic E-state index is 12.3. The molecule has 2 aromatic rings. The summed E-state index contributed by atoms with van der Waals surface area (Å²) < 4.78 is 5.36. The van der Waals surface area contributed by atoms with Gasteiger partial charge in [-0.05, 0) is 43.4 Å². The average molecular weight is 460 g/mol. The summed E-state index contributed by atoms with van der Waals surface area (Å²) in [7, 11) is 1.64. The predicted octanol–water partition coefficient (Wildman–Crippen LogP) is 1.51. The monoisotopic (exact) mass is 459 g/mol. The molecule has 1 fully saturated rings. The highest BCUT2D eigenvalue weighted by molar-refractivity contribution is 6.33. The number of rotatable bonds is 7. The topological polar surface area (TPSA) is 103 Å². The second-order valence-electron chi connectivity index (χ2n) is 7.35. The van der Waals surface area contributed by atoms with Gasteiger partial charge in [0.1, 0.15) is 0 Å². The van der Waals surface area contributed by atoms with Crippen molar-refractivity contribution in [3.05, 3.63) is 59.1 Å². The van der Waals surface area contributed by atoms with E-state index in [9.17, 15) is 14.4 Å². The molecule has 32 heavy (non-hydrogen) atoms. The Morgan fingerprint density at radius 3 is 2.31 bits per heavy atom. The van der Waals surface area contributed by atoms with Crippen LogP contribution in [0.3, 0.4) is 0 Å². The van der Waals surface area contributed by atoms with Crippen molar-refractivity contribution < 1.29 is 19.1 Å². The first kappa shape index (κ1) is 23.5. The van der Waals surface area contributed by atoms with Crippen LogP contribution in [0.2, 0.25) is 5.02 Å². The standard InChI is InChI=1S/C22H26ClN5O4/c1-27(15-21(30)25-26-22(31)18-4-2-3-5-19(18)23)14-20(29)24-16-6-8-17(9-7-16)28-10-12-32-13-11-28/h2-9H,10-15H2,1H3,(H,24,29)(H,25,30)(H,26,31). The van der Waals surface area contributed by atoms with Crippen molar-refractivity contribution in [2.24, 2.45) is 0 Å². The van der Waals surface area contributed by atoms with Crippen LogP contribution < -0.4 is 21.1 Å². The molecule has 3 N–H and O–H groups in total. The minimum atomic E-state index is -0.523. The Morgan fingerprint density at radius 1 is 0.969 bits per heavy atom. The van der Waals surface area contributed by atoms with Crippen molar-refractivity contribution in [3.8, 4) is 0 Å². The maximum absolute atomic E-state index is 12.3. The molecule has 0 bridgehead atoms. The second kappa shape index (κ2) is 11.5. The van der Waals surface area contributed by atoms with Gasteiger partial charge in [0.2, 0.25) is 5.91 Å². The summed E-state index contributed by atoms with van der Waals surface area (Å²) in [6.45, 7) is 3.04. The number of hydrazine groups is 1. The summed E-state index contributed by atoms with van der Waals surface area (Å²) in [6.07, 6.45) is 0. The molecule has 1 aliphatic heterocycles. The highest BCUT2D eigenvalue weighted by Gasteiger charge is 2.14. The quantitative estimate of drug-likeness (QED) is 0.542. The number of nitrogens with one attached hydrogen (secondary N) is 3. The van der Waals surface area contributed by atoms with Crippen LogP contribution in [0, 0.1) is 0 Å². The first-order valence-corrected chi connectivity index (χ1v) is 10.5. The van der Waals surface area contributed by atoms with Gasteiger partial charge in [0.05, 0.1) is 36.9 Å². The molecule has 9 nitrogen and oxygen atoms in total. The normalized spacial score (nSPS) is 13.5. The lowest BCUT2D eigenvalue weighted by Crippen LogP contribution is -2.46.